The molecule has 1 aromatic rings. The zero-order chi connectivity index (χ0) is 9.14. The second-order valence-corrected chi connectivity index (χ2v) is 2.18. The van der Waals surface area contributed by atoms with Crippen molar-refractivity contribution in [2.75, 3.05) is 5.73 Å². The van der Waals surface area contributed by atoms with Gasteiger partial charge >= 0.3 is 5.97 Å². The minimum atomic E-state index is -1.11. The lowest BCUT2D eigenvalue weighted by Crippen LogP contribution is -2.26. The molecule has 0 atom stereocenters. The van der Waals surface area contributed by atoms with Crippen LogP contribution in [0, 0.1) is 0 Å². The van der Waals surface area contributed by atoms with Gasteiger partial charge in [-0.3, -0.25) is 14.2 Å². The topological polar surface area (TPSA) is 98.2 Å². The molecular weight excluding hydrogens is 162 g/mol. The van der Waals surface area contributed by atoms with Crippen molar-refractivity contribution in [3.05, 3.63) is 22.9 Å². The van der Waals surface area contributed by atoms with Crippen molar-refractivity contribution in [1.29, 1.82) is 0 Å². The van der Waals surface area contributed by atoms with Gasteiger partial charge in [0.2, 0.25) is 0 Å². The molecule has 3 N–H and O–H groups in total. The molecule has 1 aromatic heterocycles. The first-order valence-corrected chi connectivity index (χ1v) is 3.13. The van der Waals surface area contributed by atoms with E-state index in [4.69, 9.17) is 10.8 Å². The van der Waals surface area contributed by atoms with Crippen LogP contribution < -0.4 is 11.3 Å². The summed E-state index contributed by atoms with van der Waals surface area (Å²) in [6, 6.07) is 0. The van der Waals surface area contributed by atoms with E-state index in [9.17, 15) is 9.59 Å². The highest BCUT2D eigenvalue weighted by atomic mass is 16.4. The Morgan fingerprint density at radius 2 is 2.42 bits per heavy atom. The second-order valence-electron chi connectivity index (χ2n) is 2.18. The molecule has 0 unspecified atom stereocenters. The van der Waals surface area contributed by atoms with Crippen LogP contribution in [0.15, 0.2) is 17.3 Å². The lowest BCUT2D eigenvalue weighted by atomic mass is 10.5. The van der Waals surface area contributed by atoms with E-state index < -0.39 is 18.1 Å². The summed E-state index contributed by atoms with van der Waals surface area (Å²) in [7, 11) is 0. The van der Waals surface area contributed by atoms with Gasteiger partial charge in [-0.2, -0.15) is 0 Å². The molecule has 12 heavy (non-hydrogen) atoms. The predicted octanol–water partition coefficient (Wildman–Crippen LogP) is -1.09. The van der Waals surface area contributed by atoms with Crippen LogP contribution in [0.4, 0.5) is 5.69 Å². The summed E-state index contributed by atoms with van der Waals surface area (Å²) in [6.07, 6.45) is 2.31. The first-order chi connectivity index (χ1) is 5.61. The quantitative estimate of drug-likeness (QED) is 0.586. The van der Waals surface area contributed by atoms with Crippen LogP contribution in [0.1, 0.15) is 0 Å². The molecule has 0 radical (unpaired) electrons. The molecule has 0 saturated carbocycles. The summed E-state index contributed by atoms with van der Waals surface area (Å²) in [5, 5.41) is 8.35. The van der Waals surface area contributed by atoms with Crippen molar-refractivity contribution in [2.24, 2.45) is 0 Å². The number of carboxylic acid groups (broad SMARTS) is 1. The lowest BCUT2D eigenvalue weighted by Gasteiger charge is -2.00. The predicted molar refractivity (Wildman–Crippen MR) is 40.5 cm³/mol. The van der Waals surface area contributed by atoms with Crippen LogP contribution >= 0.6 is 0 Å². The molecule has 0 aromatic carbocycles. The molecule has 0 aliphatic heterocycles. The summed E-state index contributed by atoms with van der Waals surface area (Å²) < 4.78 is 0.928. The molecule has 0 amide bonds. The summed E-state index contributed by atoms with van der Waals surface area (Å²) in [5.74, 6) is -1.11. The number of rotatable bonds is 2. The number of nitrogen functional groups attached to an aromatic ring is 1. The molecule has 1 rings (SSSR count). The summed E-state index contributed by atoms with van der Waals surface area (Å²) in [4.78, 5) is 24.8. The van der Waals surface area contributed by atoms with E-state index in [2.05, 4.69) is 4.98 Å². The van der Waals surface area contributed by atoms with Gasteiger partial charge in [0.1, 0.15) is 12.2 Å². The third kappa shape index (κ3) is 1.60. The number of hydrogen-bond donors (Lipinski definition) is 2. The maximum absolute atomic E-state index is 11.0. The summed E-state index contributed by atoms with van der Waals surface area (Å²) >= 11 is 0. The largest absolute Gasteiger partial charge is 0.480 e. The number of nitrogens with zero attached hydrogens (tertiary/aromatic N) is 2. The number of anilines is 1. The fourth-order valence-electron chi connectivity index (χ4n) is 0.726. The first-order valence-electron chi connectivity index (χ1n) is 3.13. The Kier molecular flexibility index (Phi) is 2.09. The zero-order valence-electron chi connectivity index (χ0n) is 6.10. The van der Waals surface area contributed by atoms with Gasteiger partial charge < -0.3 is 10.8 Å². The number of nitrogens with two attached hydrogens (primary N) is 1. The van der Waals surface area contributed by atoms with Crippen molar-refractivity contribution in [3.63, 3.8) is 0 Å². The first kappa shape index (κ1) is 8.25. The van der Waals surface area contributed by atoms with E-state index in [0.717, 1.165) is 10.9 Å². The number of carboxylic acids is 1. The van der Waals surface area contributed by atoms with Crippen molar-refractivity contribution < 1.29 is 9.90 Å². The smallest absolute Gasteiger partial charge is 0.323 e. The fraction of sp³-hybridized carbons (Fsp3) is 0.167. The number of hydrogen-bond acceptors (Lipinski definition) is 4. The highest BCUT2D eigenvalue weighted by molar-refractivity contribution is 5.66. The Morgan fingerprint density at radius 3 is 3.00 bits per heavy atom. The molecule has 0 aliphatic carbocycles. The van der Waals surface area contributed by atoms with Crippen molar-refractivity contribution >= 4 is 11.7 Å². The van der Waals surface area contributed by atoms with Gasteiger partial charge in [0, 0.05) is 0 Å². The van der Waals surface area contributed by atoms with Crippen LogP contribution in [0.25, 0.3) is 0 Å². The molecule has 0 spiro atoms. The Balaban J connectivity index is 3.09. The average molecular weight is 169 g/mol. The maximum Gasteiger partial charge on any atom is 0.323 e. The SMILES string of the molecule is Nc1cncn(CC(=O)O)c1=O. The van der Waals surface area contributed by atoms with E-state index in [0.29, 0.717) is 0 Å². The fourth-order valence-corrected chi connectivity index (χ4v) is 0.726. The van der Waals surface area contributed by atoms with E-state index in [1.165, 1.54) is 6.20 Å². The van der Waals surface area contributed by atoms with Gasteiger partial charge in [0.15, 0.2) is 0 Å². The molecule has 64 valence electrons. The van der Waals surface area contributed by atoms with E-state index in [1.807, 2.05) is 0 Å². The average Bonchev–Trinajstić information content (AvgIpc) is 1.98. The van der Waals surface area contributed by atoms with Gasteiger partial charge in [-0.05, 0) is 0 Å². The highest BCUT2D eigenvalue weighted by Crippen LogP contribution is 1.86. The van der Waals surface area contributed by atoms with Crippen LogP contribution in [0.2, 0.25) is 0 Å². The molecule has 0 fully saturated rings. The van der Waals surface area contributed by atoms with Crippen LogP contribution in [0.3, 0.4) is 0 Å². The van der Waals surface area contributed by atoms with Crippen molar-refractivity contribution in [1.82, 2.24) is 9.55 Å². The normalized spacial score (nSPS) is 9.67. The Bertz CT molecular complexity index is 357. The highest BCUT2D eigenvalue weighted by Gasteiger charge is 2.03. The van der Waals surface area contributed by atoms with Gasteiger partial charge in [-0.15, -0.1) is 0 Å². The van der Waals surface area contributed by atoms with Gasteiger partial charge in [-0.1, -0.05) is 0 Å². The van der Waals surface area contributed by atoms with E-state index >= 15 is 0 Å². The maximum atomic E-state index is 11.0. The lowest BCUT2D eigenvalue weighted by molar-refractivity contribution is -0.137. The van der Waals surface area contributed by atoms with Gasteiger partial charge in [0.25, 0.3) is 5.56 Å². The number of aromatic nitrogens is 2. The molecule has 1 heterocycles. The third-order valence-corrected chi connectivity index (χ3v) is 1.23. The van der Waals surface area contributed by atoms with Gasteiger partial charge in [-0.25, -0.2) is 4.98 Å². The number of carbonyl (C=O) groups is 1. The minimum Gasteiger partial charge on any atom is -0.480 e. The van der Waals surface area contributed by atoms with Crippen molar-refractivity contribution in [3.8, 4) is 0 Å². The molecule has 0 saturated heterocycles. The molecule has 6 nitrogen and oxygen atoms in total. The summed E-state index contributed by atoms with van der Waals surface area (Å²) in [6.45, 7) is -0.420. The van der Waals surface area contributed by atoms with E-state index in [-0.39, 0.29) is 5.69 Å². The van der Waals surface area contributed by atoms with Crippen LogP contribution in [-0.2, 0) is 11.3 Å². The third-order valence-electron chi connectivity index (χ3n) is 1.23. The minimum absolute atomic E-state index is 0.0567. The van der Waals surface area contributed by atoms with E-state index in [1.54, 1.807) is 0 Å². The monoisotopic (exact) mass is 169 g/mol. The zero-order valence-corrected chi connectivity index (χ0v) is 6.10. The standard InChI is InChI=1S/C6H7N3O3/c7-4-1-8-3-9(6(4)12)2-5(10)11/h1,3H,2,7H2,(H,10,11). The van der Waals surface area contributed by atoms with Gasteiger partial charge in [0.05, 0.1) is 12.5 Å². The Hall–Kier alpha value is -1.85. The molecular formula is C6H7N3O3. The van der Waals surface area contributed by atoms with Crippen molar-refractivity contribution in [2.45, 2.75) is 6.54 Å². The Labute approximate surface area is 67.3 Å². The van der Waals surface area contributed by atoms with Crippen LogP contribution in [-0.4, -0.2) is 20.6 Å². The molecule has 0 aliphatic rings. The summed E-state index contributed by atoms with van der Waals surface area (Å²) in [5.41, 5.74) is 4.62. The number of aliphatic carboxylic acids is 1. The molecule has 0 bridgehead atoms. The molecule has 6 heteroatoms. The second kappa shape index (κ2) is 3.04. The van der Waals surface area contributed by atoms with Crippen LogP contribution in [0.5, 0.6) is 0 Å². The Morgan fingerprint density at radius 1 is 1.75 bits per heavy atom.